The number of carbonyl (C=O) groups is 2. The number of hydrogen-bond acceptors (Lipinski definition) is 7. The van der Waals surface area contributed by atoms with Crippen molar-refractivity contribution in [1.82, 2.24) is 20.8 Å². The van der Waals surface area contributed by atoms with Crippen LogP contribution in [0.3, 0.4) is 0 Å². The summed E-state index contributed by atoms with van der Waals surface area (Å²) in [5.74, 6) is 0.287. The molecule has 23 heavy (non-hydrogen) atoms. The lowest BCUT2D eigenvalue weighted by Crippen LogP contribution is -2.48. The van der Waals surface area contributed by atoms with Crippen molar-refractivity contribution in [3.05, 3.63) is 0 Å². The summed E-state index contributed by atoms with van der Waals surface area (Å²) in [5.41, 5.74) is 0. The quantitative estimate of drug-likeness (QED) is 0.677. The molecule has 7 nitrogen and oxygen atoms in total. The highest BCUT2D eigenvalue weighted by molar-refractivity contribution is 8.01. The van der Waals surface area contributed by atoms with Crippen LogP contribution in [0.4, 0.5) is 9.93 Å². The zero-order chi connectivity index (χ0) is 16.7. The van der Waals surface area contributed by atoms with Gasteiger partial charge in [0.05, 0.1) is 5.75 Å². The third kappa shape index (κ3) is 5.98. The summed E-state index contributed by atoms with van der Waals surface area (Å²) in [6.07, 6.45) is 4.45. The van der Waals surface area contributed by atoms with Crippen LogP contribution in [0.1, 0.15) is 39.5 Å². The molecule has 1 aliphatic carbocycles. The zero-order valence-corrected chi connectivity index (χ0v) is 15.1. The molecule has 3 amide bonds. The van der Waals surface area contributed by atoms with Crippen molar-refractivity contribution in [3.8, 4) is 0 Å². The number of urea groups is 1. The van der Waals surface area contributed by atoms with Crippen molar-refractivity contribution in [2.75, 3.05) is 17.6 Å². The van der Waals surface area contributed by atoms with E-state index < -0.39 is 6.03 Å². The number of rotatable bonds is 6. The van der Waals surface area contributed by atoms with E-state index in [1.165, 1.54) is 29.5 Å². The normalized spacial score (nSPS) is 20.8. The molecule has 1 fully saturated rings. The Bertz CT molecular complexity index is 537. The van der Waals surface area contributed by atoms with Gasteiger partial charge in [-0.2, -0.15) is 0 Å². The third-order valence-electron chi connectivity index (χ3n) is 3.74. The molecule has 2 atom stereocenters. The first kappa shape index (κ1) is 18.0. The lowest BCUT2D eigenvalue weighted by atomic mass is 9.86. The number of nitrogens with one attached hydrogen (secondary N) is 3. The van der Waals surface area contributed by atoms with E-state index in [1.807, 2.05) is 6.92 Å². The zero-order valence-electron chi connectivity index (χ0n) is 13.4. The molecule has 0 unspecified atom stereocenters. The predicted molar refractivity (Wildman–Crippen MR) is 92.9 cm³/mol. The minimum Gasteiger partial charge on any atom is -0.360 e. The van der Waals surface area contributed by atoms with Crippen LogP contribution in [0, 0.1) is 5.92 Å². The molecule has 2 rings (SSSR count). The molecule has 1 heterocycles. The monoisotopic (exact) mass is 357 g/mol. The summed E-state index contributed by atoms with van der Waals surface area (Å²) in [7, 11) is 0. The Hall–Kier alpha value is -1.35. The smallest absolute Gasteiger partial charge is 0.321 e. The summed E-state index contributed by atoms with van der Waals surface area (Å²) in [5, 5.41) is 17.0. The molecule has 1 saturated carbocycles. The molecule has 128 valence electrons. The fourth-order valence-corrected chi connectivity index (χ4v) is 4.14. The number of imide groups is 1. The highest BCUT2D eigenvalue weighted by Crippen LogP contribution is 2.25. The standard InChI is InChI=1S/C14H23N5O2S2/c1-3-15-13-18-19-14(23-13)22-8-11(20)17-12(21)16-10-7-5-4-6-9(10)2/h9-10H,3-8H2,1-2H3,(H,15,18)(H2,16,17,20,21)/t9-,10-/m1/s1. The van der Waals surface area contributed by atoms with Crippen molar-refractivity contribution in [3.63, 3.8) is 0 Å². The summed E-state index contributed by atoms with van der Waals surface area (Å²) >= 11 is 2.67. The maximum Gasteiger partial charge on any atom is 0.321 e. The van der Waals surface area contributed by atoms with Gasteiger partial charge >= 0.3 is 6.03 Å². The van der Waals surface area contributed by atoms with Gasteiger partial charge in [0.1, 0.15) is 0 Å². The van der Waals surface area contributed by atoms with E-state index in [0.29, 0.717) is 10.3 Å². The first-order chi connectivity index (χ1) is 11.1. The summed E-state index contributed by atoms with van der Waals surface area (Å²) < 4.78 is 0.706. The van der Waals surface area contributed by atoms with E-state index in [0.717, 1.165) is 30.9 Å². The minimum atomic E-state index is -0.403. The van der Waals surface area contributed by atoms with Crippen LogP contribution in [-0.2, 0) is 4.79 Å². The molecule has 1 aromatic rings. The number of amides is 3. The molecule has 0 bridgehead atoms. The topological polar surface area (TPSA) is 96.0 Å². The lowest BCUT2D eigenvalue weighted by molar-refractivity contribution is -0.117. The second-order valence-corrected chi connectivity index (χ2v) is 7.78. The SMILES string of the molecule is CCNc1nnc(SCC(=O)NC(=O)N[C@@H]2CCCC[C@H]2C)s1. The van der Waals surface area contributed by atoms with E-state index in [4.69, 9.17) is 0 Å². The number of hydrogen-bond donors (Lipinski definition) is 3. The van der Waals surface area contributed by atoms with Crippen LogP contribution in [-0.4, -0.2) is 40.5 Å². The molecule has 3 N–H and O–H groups in total. The van der Waals surface area contributed by atoms with Gasteiger partial charge in [0.2, 0.25) is 11.0 Å². The van der Waals surface area contributed by atoms with Crippen LogP contribution in [0.2, 0.25) is 0 Å². The minimum absolute atomic E-state index is 0.147. The number of thioether (sulfide) groups is 1. The molecule has 0 saturated heterocycles. The highest BCUT2D eigenvalue weighted by Gasteiger charge is 2.23. The van der Waals surface area contributed by atoms with E-state index in [-0.39, 0.29) is 17.7 Å². The molecule has 1 aliphatic rings. The van der Waals surface area contributed by atoms with Crippen molar-refractivity contribution in [2.24, 2.45) is 5.92 Å². The summed E-state index contributed by atoms with van der Waals surface area (Å²) in [6, 6.07) is -0.241. The molecular formula is C14H23N5O2S2. The maximum absolute atomic E-state index is 11.9. The molecule has 0 aromatic carbocycles. The van der Waals surface area contributed by atoms with Gasteiger partial charge in [0, 0.05) is 12.6 Å². The van der Waals surface area contributed by atoms with Crippen molar-refractivity contribution < 1.29 is 9.59 Å². The first-order valence-corrected chi connectivity index (χ1v) is 9.69. The van der Waals surface area contributed by atoms with Crippen LogP contribution < -0.4 is 16.0 Å². The highest BCUT2D eigenvalue weighted by atomic mass is 32.2. The number of nitrogens with zero attached hydrogens (tertiary/aromatic N) is 2. The summed E-state index contributed by atoms with van der Waals surface area (Å²) in [6.45, 7) is 4.89. The number of aromatic nitrogens is 2. The fourth-order valence-electron chi connectivity index (χ4n) is 2.52. The Morgan fingerprint density at radius 3 is 2.83 bits per heavy atom. The van der Waals surface area contributed by atoms with Crippen molar-refractivity contribution >= 4 is 40.2 Å². The van der Waals surface area contributed by atoms with Crippen molar-refractivity contribution in [2.45, 2.75) is 49.9 Å². The molecule has 0 radical (unpaired) electrons. The van der Waals surface area contributed by atoms with Gasteiger partial charge in [0.15, 0.2) is 4.34 Å². The second-order valence-electron chi connectivity index (χ2n) is 5.58. The van der Waals surface area contributed by atoms with E-state index in [1.54, 1.807) is 0 Å². The lowest BCUT2D eigenvalue weighted by Gasteiger charge is -2.29. The molecule has 1 aromatic heterocycles. The van der Waals surface area contributed by atoms with Crippen molar-refractivity contribution in [1.29, 1.82) is 0 Å². The largest absolute Gasteiger partial charge is 0.360 e. The molecular weight excluding hydrogens is 334 g/mol. The number of anilines is 1. The predicted octanol–water partition coefficient (Wildman–Crippen LogP) is 2.47. The van der Waals surface area contributed by atoms with Gasteiger partial charge in [-0.1, -0.05) is 42.9 Å². The molecule has 9 heteroatoms. The average Bonchev–Trinajstić information content (AvgIpc) is 2.96. The van der Waals surface area contributed by atoms with Gasteiger partial charge in [-0.25, -0.2) is 4.79 Å². The fraction of sp³-hybridized carbons (Fsp3) is 0.714. The Labute approximate surface area is 144 Å². The second kappa shape index (κ2) is 9.07. The van der Waals surface area contributed by atoms with E-state index in [2.05, 4.69) is 33.1 Å². The maximum atomic E-state index is 11.9. The van der Waals surface area contributed by atoms with Crippen LogP contribution >= 0.6 is 23.1 Å². The van der Waals surface area contributed by atoms with Gasteiger partial charge in [-0.15, -0.1) is 10.2 Å². The number of carbonyl (C=O) groups excluding carboxylic acids is 2. The molecule has 0 aliphatic heterocycles. The summed E-state index contributed by atoms with van der Waals surface area (Å²) in [4.78, 5) is 23.7. The third-order valence-corrected chi connectivity index (χ3v) is 5.76. The van der Waals surface area contributed by atoms with Crippen LogP contribution in [0.5, 0.6) is 0 Å². The van der Waals surface area contributed by atoms with E-state index in [9.17, 15) is 9.59 Å². The van der Waals surface area contributed by atoms with Gasteiger partial charge in [0.25, 0.3) is 0 Å². The Morgan fingerprint density at radius 1 is 1.30 bits per heavy atom. The Morgan fingerprint density at radius 2 is 2.09 bits per heavy atom. The first-order valence-electron chi connectivity index (χ1n) is 7.89. The Balaban J connectivity index is 1.70. The van der Waals surface area contributed by atoms with Gasteiger partial charge in [-0.3, -0.25) is 10.1 Å². The molecule has 0 spiro atoms. The Kier molecular flexibility index (Phi) is 7.10. The van der Waals surface area contributed by atoms with Gasteiger partial charge in [-0.05, 0) is 25.7 Å². The van der Waals surface area contributed by atoms with E-state index >= 15 is 0 Å². The van der Waals surface area contributed by atoms with Crippen LogP contribution in [0.15, 0.2) is 4.34 Å². The van der Waals surface area contributed by atoms with Gasteiger partial charge < -0.3 is 10.6 Å². The average molecular weight is 358 g/mol. The van der Waals surface area contributed by atoms with Crippen LogP contribution in [0.25, 0.3) is 0 Å².